The summed E-state index contributed by atoms with van der Waals surface area (Å²) < 4.78 is 81.1. The average molecular weight is 642 g/mol. The van der Waals surface area contributed by atoms with Crippen molar-refractivity contribution >= 4 is 39.9 Å². The van der Waals surface area contributed by atoms with E-state index in [1.807, 2.05) is 0 Å². The Bertz CT molecular complexity index is 1570. The molecule has 0 spiro atoms. The quantitative estimate of drug-likeness (QED) is 0.172. The van der Waals surface area contributed by atoms with E-state index in [-0.39, 0.29) is 43.2 Å². The maximum atomic E-state index is 13.5. The summed E-state index contributed by atoms with van der Waals surface area (Å²) >= 11 is 7.24. The van der Waals surface area contributed by atoms with Gasteiger partial charge in [-0.2, -0.15) is 26.3 Å². The molecular formula is C29H22ClF6N3O3S. The van der Waals surface area contributed by atoms with E-state index < -0.39 is 35.4 Å². The van der Waals surface area contributed by atoms with E-state index in [0.29, 0.717) is 39.1 Å². The molecule has 0 saturated heterocycles. The molecule has 2 N–H and O–H groups in total. The van der Waals surface area contributed by atoms with Gasteiger partial charge < -0.3 is 15.3 Å². The third-order valence-corrected chi connectivity index (χ3v) is 7.25. The number of rotatable bonds is 10. The standard InChI is InChI=1S/C29H22ClF6N3O3S/c30-23-3-1-2-20(12-23)24-16-43-27(38-24)39(14-17-4-6-19(7-5-17)26(42)37-9-8-25(40)41)15-18-10-21(28(31,32)33)13-22(11-18)29(34,35)36/h1-7,10-13,16H,8-9,14-15H2,(H,37,42)(H,40,41). The SMILES string of the molecule is O=C(O)CCNC(=O)c1ccc(CN(Cc2cc(C(F)(F)F)cc(C(F)(F)F)c2)c2nc(-c3cccc(Cl)c3)cs2)cc1. The minimum absolute atomic E-state index is 0.0288. The van der Waals surface area contributed by atoms with Crippen LogP contribution in [0.25, 0.3) is 11.3 Å². The summed E-state index contributed by atoms with van der Waals surface area (Å²) in [5.74, 6) is -1.57. The van der Waals surface area contributed by atoms with Crippen LogP contribution in [0, 0.1) is 0 Å². The maximum absolute atomic E-state index is 13.5. The Labute approximate surface area is 250 Å². The van der Waals surface area contributed by atoms with E-state index >= 15 is 0 Å². The first-order valence-electron chi connectivity index (χ1n) is 12.5. The van der Waals surface area contributed by atoms with Gasteiger partial charge in [-0.3, -0.25) is 9.59 Å². The summed E-state index contributed by atoms with van der Waals surface area (Å²) in [5.41, 5.74) is -1.05. The van der Waals surface area contributed by atoms with Gasteiger partial charge in [-0.1, -0.05) is 35.9 Å². The number of aromatic nitrogens is 1. The predicted octanol–water partition coefficient (Wildman–Crippen LogP) is 7.91. The number of carboxylic acid groups (broad SMARTS) is 1. The first-order valence-corrected chi connectivity index (χ1v) is 13.8. The average Bonchev–Trinajstić information content (AvgIpc) is 3.42. The molecule has 6 nitrogen and oxygen atoms in total. The Hall–Kier alpha value is -4.10. The van der Waals surface area contributed by atoms with Gasteiger partial charge in [-0.25, -0.2) is 4.98 Å². The summed E-state index contributed by atoms with van der Waals surface area (Å²) in [5, 5.41) is 13.7. The third-order valence-electron chi connectivity index (χ3n) is 6.12. The number of benzene rings is 3. The van der Waals surface area contributed by atoms with Crippen molar-refractivity contribution in [3.8, 4) is 11.3 Å². The number of carbonyl (C=O) groups excluding carboxylic acids is 1. The second-order valence-corrected chi connectivity index (χ2v) is 10.7. The lowest BCUT2D eigenvalue weighted by atomic mass is 10.0. The second kappa shape index (κ2) is 13.0. The van der Waals surface area contributed by atoms with Crippen LogP contribution in [0.4, 0.5) is 31.5 Å². The van der Waals surface area contributed by atoms with Crippen LogP contribution in [-0.4, -0.2) is 28.5 Å². The lowest BCUT2D eigenvalue weighted by molar-refractivity contribution is -0.143. The van der Waals surface area contributed by atoms with Crippen molar-refractivity contribution in [1.82, 2.24) is 10.3 Å². The number of thiazole rings is 1. The number of anilines is 1. The van der Waals surface area contributed by atoms with Crippen LogP contribution in [0.2, 0.25) is 5.02 Å². The number of hydrogen-bond donors (Lipinski definition) is 2. The molecule has 0 saturated carbocycles. The molecule has 0 fully saturated rings. The number of carboxylic acids is 1. The largest absolute Gasteiger partial charge is 0.481 e. The lowest BCUT2D eigenvalue weighted by Crippen LogP contribution is -2.26. The molecule has 0 bridgehead atoms. The Morgan fingerprint density at radius 1 is 0.884 bits per heavy atom. The normalized spacial score (nSPS) is 11.8. The third kappa shape index (κ3) is 8.71. The van der Waals surface area contributed by atoms with E-state index in [4.69, 9.17) is 16.7 Å². The molecule has 0 aliphatic carbocycles. The number of aliphatic carboxylic acids is 1. The van der Waals surface area contributed by atoms with Gasteiger partial charge in [0, 0.05) is 41.2 Å². The van der Waals surface area contributed by atoms with Crippen molar-refractivity contribution in [3.05, 3.63) is 105 Å². The van der Waals surface area contributed by atoms with Crippen LogP contribution in [0.15, 0.2) is 72.1 Å². The van der Waals surface area contributed by atoms with Crippen LogP contribution >= 0.6 is 22.9 Å². The van der Waals surface area contributed by atoms with Crippen molar-refractivity contribution in [2.75, 3.05) is 11.4 Å². The zero-order chi connectivity index (χ0) is 31.4. The number of nitrogens with one attached hydrogen (secondary N) is 1. The first-order chi connectivity index (χ1) is 20.2. The molecule has 0 aliphatic heterocycles. The van der Waals surface area contributed by atoms with E-state index in [1.165, 1.54) is 17.0 Å². The highest BCUT2D eigenvalue weighted by atomic mass is 35.5. The summed E-state index contributed by atoms with van der Waals surface area (Å²) in [4.78, 5) is 29.1. The maximum Gasteiger partial charge on any atom is 0.416 e. The van der Waals surface area contributed by atoms with Crippen LogP contribution in [0.3, 0.4) is 0 Å². The Kier molecular flexibility index (Phi) is 9.65. The minimum Gasteiger partial charge on any atom is -0.481 e. The molecule has 0 aliphatic rings. The Morgan fingerprint density at radius 2 is 1.51 bits per heavy atom. The number of carbonyl (C=O) groups is 2. The molecular weight excluding hydrogens is 620 g/mol. The molecule has 0 unspecified atom stereocenters. The van der Waals surface area contributed by atoms with Gasteiger partial charge in [0.05, 0.1) is 23.2 Å². The number of hydrogen-bond acceptors (Lipinski definition) is 5. The molecule has 4 aromatic rings. The van der Waals surface area contributed by atoms with Crippen molar-refractivity contribution in [2.24, 2.45) is 0 Å². The highest BCUT2D eigenvalue weighted by Gasteiger charge is 2.37. The van der Waals surface area contributed by atoms with E-state index in [9.17, 15) is 35.9 Å². The summed E-state index contributed by atoms with van der Waals surface area (Å²) in [6.07, 6.45) is -10.2. The second-order valence-electron chi connectivity index (χ2n) is 9.39. The van der Waals surface area contributed by atoms with Crippen LogP contribution in [0.5, 0.6) is 0 Å². The van der Waals surface area contributed by atoms with Crippen LogP contribution in [-0.2, 0) is 30.2 Å². The molecule has 226 valence electrons. The zero-order valence-corrected chi connectivity index (χ0v) is 23.5. The van der Waals surface area contributed by atoms with Gasteiger partial charge >= 0.3 is 18.3 Å². The Morgan fingerprint density at radius 3 is 2.09 bits per heavy atom. The fourth-order valence-electron chi connectivity index (χ4n) is 4.08. The first kappa shape index (κ1) is 31.8. The molecule has 0 atom stereocenters. The van der Waals surface area contributed by atoms with Gasteiger partial charge in [0.15, 0.2) is 5.13 Å². The molecule has 1 heterocycles. The lowest BCUT2D eigenvalue weighted by Gasteiger charge is -2.24. The van der Waals surface area contributed by atoms with Crippen LogP contribution < -0.4 is 10.2 Å². The van der Waals surface area contributed by atoms with E-state index in [1.54, 1.807) is 41.8 Å². The number of amides is 1. The zero-order valence-electron chi connectivity index (χ0n) is 22.0. The molecule has 43 heavy (non-hydrogen) atoms. The highest BCUT2D eigenvalue weighted by molar-refractivity contribution is 7.14. The summed E-state index contributed by atoms with van der Waals surface area (Å²) in [6.45, 7) is -0.381. The van der Waals surface area contributed by atoms with Crippen molar-refractivity contribution in [3.63, 3.8) is 0 Å². The molecule has 14 heteroatoms. The van der Waals surface area contributed by atoms with Gasteiger partial charge in [0.2, 0.25) is 0 Å². The predicted molar refractivity (Wildman–Crippen MR) is 150 cm³/mol. The smallest absolute Gasteiger partial charge is 0.416 e. The van der Waals surface area contributed by atoms with E-state index in [0.717, 1.165) is 11.3 Å². The summed E-state index contributed by atoms with van der Waals surface area (Å²) in [6, 6.07) is 14.4. The molecule has 1 amide bonds. The van der Waals surface area contributed by atoms with E-state index in [2.05, 4.69) is 10.3 Å². The molecule has 3 aromatic carbocycles. The number of alkyl halides is 6. The molecule has 1 aromatic heterocycles. The molecule has 0 radical (unpaired) electrons. The number of nitrogens with zero attached hydrogens (tertiary/aromatic N) is 2. The van der Waals surface area contributed by atoms with Gasteiger partial charge in [-0.05, 0) is 53.6 Å². The van der Waals surface area contributed by atoms with Gasteiger partial charge in [0.1, 0.15) is 0 Å². The fourth-order valence-corrected chi connectivity index (χ4v) is 5.10. The highest BCUT2D eigenvalue weighted by Crippen LogP contribution is 2.37. The monoisotopic (exact) mass is 641 g/mol. The minimum atomic E-state index is -5.00. The van der Waals surface area contributed by atoms with Gasteiger partial charge in [0.25, 0.3) is 5.91 Å². The van der Waals surface area contributed by atoms with Gasteiger partial charge in [-0.15, -0.1) is 11.3 Å². The fraction of sp³-hybridized carbons (Fsp3) is 0.207. The van der Waals surface area contributed by atoms with Crippen molar-refractivity contribution in [1.29, 1.82) is 0 Å². The Balaban J connectivity index is 1.66. The summed E-state index contributed by atoms with van der Waals surface area (Å²) in [7, 11) is 0. The molecule has 4 rings (SSSR count). The number of halogens is 7. The topological polar surface area (TPSA) is 82.5 Å². The van der Waals surface area contributed by atoms with Crippen LogP contribution in [0.1, 0.15) is 39.0 Å². The van der Waals surface area contributed by atoms with Crippen molar-refractivity contribution < 1.29 is 41.0 Å². The van der Waals surface area contributed by atoms with Crippen molar-refractivity contribution in [2.45, 2.75) is 31.9 Å².